The van der Waals surface area contributed by atoms with Gasteiger partial charge in [0.25, 0.3) is 0 Å². The van der Waals surface area contributed by atoms with Crippen molar-refractivity contribution in [2.75, 3.05) is 0 Å². The van der Waals surface area contributed by atoms with E-state index in [0.29, 0.717) is 27.6 Å². The highest BCUT2D eigenvalue weighted by atomic mass is 16.5. The third kappa shape index (κ3) is 3.79. The molecule has 0 amide bonds. The van der Waals surface area contributed by atoms with Crippen molar-refractivity contribution in [1.82, 2.24) is 0 Å². The first-order valence-electron chi connectivity index (χ1n) is 16.1. The largest absolute Gasteiger partial charge is 0.458 e. The number of carbonyl (C=O) groups excluding carboxylic acids is 1. The molecule has 210 valence electrons. The number of esters is 1. The number of hydrogen-bond acceptors (Lipinski definition) is 2. The van der Waals surface area contributed by atoms with Crippen LogP contribution in [0.2, 0.25) is 0 Å². The van der Waals surface area contributed by atoms with E-state index in [1.165, 1.54) is 70.6 Å². The number of ether oxygens (including phenoxy) is 1. The van der Waals surface area contributed by atoms with Crippen molar-refractivity contribution in [3.8, 4) is 0 Å². The van der Waals surface area contributed by atoms with Crippen LogP contribution in [0.3, 0.4) is 0 Å². The number of carbonyl (C=O) groups is 1. The van der Waals surface area contributed by atoms with Gasteiger partial charge in [-0.15, -0.1) is 0 Å². The first-order chi connectivity index (χ1) is 17.3. The second-order valence-corrected chi connectivity index (χ2v) is 16.2. The molecule has 0 saturated heterocycles. The Morgan fingerprint density at radius 2 is 1.54 bits per heavy atom. The Bertz CT molecular complexity index is 930. The lowest BCUT2D eigenvalue weighted by molar-refractivity contribution is -0.180. The summed E-state index contributed by atoms with van der Waals surface area (Å²) in [6, 6.07) is 0. The van der Waals surface area contributed by atoms with Crippen LogP contribution in [0.5, 0.6) is 0 Å². The smallest absolute Gasteiger partial charge is 0.333 e. The molecular weight excluding hydrogens is 452 g/mol. The lowest BCUT2D eigenvalue weighted by atomic mass is 9.41. The van der Waals surface area contributed by atoms with E-state index < -0.39 is 0 Å². The summed E-state index contributed by atoms with van der Waals surface area (Å²) < 4.78 is 6.19. The SMILES string of the molecule is C/C=C(\C)C(=O)O[C@H]1CC[C@@]23C[C@@]24CC[C@]2(C)[C@@H]([C@H](C)CCCC(C)C)CC[C@]2(C)[C@H]4CC[C@@H]3C1(C)C. The van der Waals surface area contributed by atoms with E-state index in [4.69, 9.17) is 4.74 Å². The number of allylic oxidation sites excluding steroid dienone is 1. The molecule has 37 heavy (non-hydrogen) atoms. The molecule has 2 heteroatoms. The molecule has 0 unspecified atom stereocenters. The zero-order valence-electron chi connectivity index (χ0n) is 25.8. The van der Waals surface area contributed by atoms with Crippen LogP contribution in [0.25, 0.3) is 0 Å². The summed E-state index contributed by atoms with van der Waals surface area (Å²) in [6.45, 7) is 21.5. The molecule has 0 N–H and O–H groups in total. The standard InChI is InChI=1S/C35H58O2/c1-10-24(4)30(36)37-29-17-19-34-22-35(34)21-20-32(8)26(25(5)13-11-12-23(2)3)16-18-33(32,9)28(35)15-14-27(34)31(29,6)7/h10,23,25-29H,11-22H2,1-9H3/b24-10+/t25-,26-,27-,28-,29+,32-,33-,34+,35-/m1/s1. The zero-order valence-corrected chi connectivity index (χ0v) is 25.8. The van der Waals surface area contributed by atoms with Crippen molar-refractivity contribution in [2.24, 2.45) is 56.7 Å². The Balaban J connectivity index is 1.35. The number of rotatable bonds is 7. The van der Waals surface area contributed by atoms with Gasteiger partial charge in [-0.2, -0.15) is 0 Å². The van der Waals surface area contributed by atoms with Gasteiger partial charge in [-0.3, -0.25) is 0 Å². The molecule has 5 fully saturated rings. The van der Waals surface area contributed by atoms with Gasteiger partial charge in [-0.1, -0.05) is 73.8 Å². The zero-order chi connectivity index (χ0) is 27.0. The third-order valence-electron chi connectivity index (χ3n) is 14.2. The molecule has 0 aromatic rings. The van der Waals surface area contributed by atoms with Crippen molar-refractivity contribution in [3.63, 3.8) is 0 Å². The van der Waals surface area contributed by atoms with Gasteiger partial charge in [-0.05, 0) is 123 Å². The molecular formula is C35H58O2. The summed E-state index contributed by atoms with van der Waals surface area (Å²) in [4.78, 5) is 12.7. The lowest BCUT2D eigenvalue weighted by Gasteiger charge is -2.63. The van der Waals surface area contributed by atoms with E-state index >= 15 is 0 Å². The second kappa shape index (κ2) is 9.12. The summed E-state index contributed by atoms with van der Waals surface area (Å²) in [7, 11) is 0. The van der Waals surface area contributed by atoms with Gasteiger partial charge in [0.2, 0.25) is 0 Å². The maximum absolute atomic E-state index is 12.7. The average molecular weight is 511 g/mol. The Labute approximate surface area is 229 Å². The minimum atomic E-state index is -0.101. The van der Waals surface area contributed by atoms with Crippen LogP contribution in [-0.4, -0.2) is 12.1 Å². The highest BCUT2D eigenvalue weighted by Gasteiger charge is 2.82. The van der Waals surface area contributed by atoms with E-state index in [1.807, 2.05) is 19.9 Å². The van der Waals surface area contributed by atoms with Crippen molar-refractivity contribution in [1.29, 1.82) is 0 Å². The van der Waals surface area contributed by atoms with E-state index in [-0.39, 0.29) is 17.5 Å². The van der Waals surface area contributed by atoms with E-state index in [9.17, 15) is 4.79 Å². The minimum absolute atomic E-state index is 0.0618. The predicted octanol–water partition coefficient (Wildman–Crippen LogP) is 9.77. The molecule has 2 spiro atoms. The maximum Gasteiger partial charge on any atom is 0.333 e. The minimum Gasteiger partial charge on any atom is -0.458 e. The van der Waals surface area contributed by atoms with Crippen molar-refractivity contribution in [3.05, 3.63) is 11.6 Å². The number of hydrogen-bond donors (Lipinski definition) is 0. The maximum atomic E-state index is 12.7. The summed E-state index contributed by atoms with van der Waals surface area (Å²) in [5, 5.41) is 0. The quantitative estimate of drug-likeness (QED) is 0.252. The van der Waals surface area contributed by atoms with Crippen LogP contribution in [-0.2, 0) is 9.53 Å². The first-order valence-corrected chi connectivity index (χ1v) is 16.1. The highest BCUT2D eigenvalue weighted by molar-refractivity contribution is 5.87. The Morgan fingerprint density at radius 3 is 2.22 bits per heavy atom. The van der Waals surface area contributed by atoms with Gasteiger partial charge < -0.3 is 4.74 Å². The molecule has 5 aliphatic rings. The van der Waals surface area contributed by atoms with Crippen molar-refractivity contribution < 1.29 is 9.53 Å². The van der Waals surface area contributed by atoms with Crippen molar-refractivity contribution in [2.45, 2.75) is 145 Å². The molecule has 0 heterocycles. The lowest BCUT2D eigenvalue weighted by Crippen LogP contribution is -2.58. The molecule has 5 rings (SSSR count). The first kappa shape index (κ1) is 27.8. The highest BCUT2D eigenvalue weighted by Crippen LogP contribution is 2.89. The van der Waals surface area contributed by atoms with Crippen molar-refractivity contribution >= 4 is 5.97 Å². The molecule has 5 aliphatic carbocycles. The Kier molecular flexibility index (Phi) is 6.85. The van der Waals surface area contributed by atoms with Crippen LogP contribution in [0, 0.1) is 56.7 Å². The van der Waals surface area contributed by atoms with Crippen LogP contribution in [0.1, 0.15) is 139 Å². The molecule has 2 nitrogen and oxygen atoms in total. The topological polar surface area (TPSA) is 26.3 Å². The van der Waals surface area contributed by atoms with Crippen LogP contribution < -0.4 is 0 Å². The van der Waals surface area contributed by atoms with E-state index in [1.54, 1.807) is 0 Å². The Hall–Kier alpha value is -0.790. The van der Waals surface area contributed by atoms with Crippen LogP contribution in [0.4, 0.5) is 0 Å². The van der Waals surface area contributed by atoms with Gasteiger partial charge in [0.05, 0.1) is 0 Å². The van der Waals surface area contributed by atoms with Gasteiger partial charge in [-0.25, -0.2) is 4.79 Å². The fourth-order valence-electron chi connectivity index (χ4n) is 11.9. The summed E-state index contributed by atoms with van der Waals surface area (Å²) in [5.41, 5.74) is 2.93. The van der Waals surface area contributed by atoms with Crippen LogP contribution >= 0.6 is 0 Å². The molecule has 0 aromatic heterocycles. The van der Waals surface area contributed by atoms with E-state index in [2.05, 4.69) is 48.5 Å². The van der Waals surface area contributed by atoms with Crippen LogP contribution in [0.15, 0.2) is 11.6 Å². The van der Waals surface area contributed by atoms with Gasteiger partial charge >= 0.3 is 5.97 Å². The average Bonchev–Trinajstić information content (AvgIpc) is 3.42. The second-order valence-electron chi connectivity index (χ2n) is 16.2. The van der Waals surface area contributed by atoms with Gasteiger partial charge in [0.15, 0.2) is 0 Å². The fraction of sp³-hybridized carbons (Fsp3) is 0.914. The van der Waals surface area contributed by atoms with Gasteiger partial charge in [0.1, 0.15) is 6.10 Å². The number of fused-ring (bicyclic) bond motifs is 2. The summed E-state index contributed by atoms with van der Waals surface area (Å²) >= 11 is 0. The van der Waals surface area contributed by atoms with Gasteiger partial charge in [0, 0.05) is 11.0 Å². The van der Waals surface area contributed by atoms with E-state index in [0.717, 1.165) is 35.7 Å². The third-order valence-corrected chi connectivity index (χ3v) is 14.2. The molecule has 9 atom stereocenters. The molecule has 0 bridgehead atoms. The summed E-state index contributed by atoms with van der Waals surface area (Å²) in [5.74, 6) is 4.13. The molecule has 0 radical (unpaired) electrons. The Morgan fingerprint density at radius 1 is 0.865 bits per heavy atom. The molecule has 5 saturated carbocycles. The fourth-order valence-corrected chi connectivity index (χ4v) is 11.9. The predicted molar refractivity (Wildman–Crippen MR) is 154 cm³/mol. The molecule has 0 aliphatic heterocycles. The monoisotopic (exact) mass is 510 g/mol. The summed E-state index contributed by atoms with van der Waals surface area (Å²) in [6.07, 6.45) is 18.6. The normalized spacial score (nSPS) is 46.9. The molecule has 0 aromatic carbocycles.